The molecule has 0 saturated heterocycles. The van der Waals surface area contributed by atoms with Crippen molar-refractivity contribution in [3.8, 4) is 0 Å². The molecule has 152 valence electrons. The molecule has 1 aliphatic heterocycles. The van der Waals surface area contributed by atoms with E-state index < -0.39 is 0 Å². The average molecular weight is 394 g/mol. The fraction of sp³-hybridized carbons (Fsp3) is 0.318. The molecule has 0 unspecified atom stereocenters. The standard InChI is InChI=1S/C22H26N4O3/c1-4-6-20(27)23-16-7-5-8-17(14(16)2)25-22(29)15-9-10-19-18(13-15)24-21(28)11-12-26(19)3/h5,7-10,13H,4,6,11-12H2,1-3H3,(H,23,27)(H,24,28)(H,25,29). The molecule has 7 heteroatoms. The van der Waals surface area contributed by atoms with E-state index in [1.807, 2.05) is 37.9 Å². The van der Waals surface area contributed by atoms with Gasteiger partial charge >= 0.3 is 0 Å². The van der Waals surface area contributed by atoms with Gasteiger partial charge in [0.2, 0.25) is 11.8 Å². The van der Waals surface area contributed by atoms with Crippen LogP contribution in [-0.4, -0.2) is 31.3 Å². The highest BCUT2D eigenvalue weighted by Gasteiger charge is 2.19. The first-order valence-electron chi connectivity index (χ1n) is 9.75. The first kappa shape index (κ1) is 20.4. The van der Waals surface area contributed by atoms with Gasteiger partial charge in [-0.25, -0.2) is 0 Å². The second-order valence-electron chi connectivity index (χ2n) is 7.18. The molecule has 3 rings (SSSR count). The second-order valence-corrected chi connectivity index (χ2v) is 7.18. The molecule has 0 fully saturated rings. The number of carbonyl (C=O) groups is 3. The van der Waals surface area contributed by atoms with E-state index in [4.69, 9.17) is 0 Å². The fourth-order valence-electron chi connectivity index (χ4n) is 3.25. The highest BCUT2D eigenvalue weighted by atomic mass is 16.2. The summed E-state index contributed by atoms with van der Waals surface area (Å²) in [5.41, 5.74) is 4.04. The summed E-state index contributed by atoms with van der Waals surface area (Å²) in [6.45, 7) is 4.42. The molecule has 1 heterocycles. The molecule has 0 bridgehead atoms. The summed E-state index contributed by atoms with van der Waals surface area (Å²) in [5.74, 6) is -0.404. The first-order valence-corrected chi connectivity index (χ1v) is 9.75. The number of amides is 3. The Morgan fingerprint density at radius 3 is 2.59 bits per heavy atom. The van der Waals surface area contributed by atoms with E-state index >= 15 is 0 Å². The van der Waals surface area contributed by atoms with E-state index in [2.05, 4.69) is 16.0 Å². The number of nitrogens with one attached hydrogen (secondary N) is 3. The number of rotatable bonds is 5. The number of carbonyl (C=O) groups excluding carboxylic acids is 3. The Labute approximate surface area is 170 Å². The van der Waals surface area contributed by atoms with E-state index in [0.29, 0.717) is 42.0 Å². The van der Waals surface area contributed by atoms with Crippen LogP contribution in [-0.2, 0) is 9.59 Å². The molecule has 1 aliphatic rings. The average Bonchev–Trinajstić information content (AvgIpc) is 2.83. The van der Waals surface area contributed by atoms with Crippen LogP contribution in [0.2, 0.25) is 0 Å². The van der Waals surface area contributed by atoms with Crippen molar-refractivity contribution in [3.05, 3.63) is 47.5 Å². The predicted molar refractivity (Wildman–Crippen MR) is 116 cm³/mol. The normalized spacial score (nSPS) is 13.2. The topological polar surface area (TPSA) is 90.5 Å². The van der Waals surface area contributed by atoms with Crippen LogP contribution in [0.5, 0.6) is 0 Å². The molecule has 29 heavy (non-hydrogen) atoms. The monoisotopic (exact) mass is 394 g/mol. The van der Waals surface area contributed by atoms with Gasteiger partial charge in [0, 0.05) is 43.4 Å². The third-order valence-corrected chi connectivity index (χ3v) is 4.95. The number of hydrogen-bond acceptors (Lipinski definition) is 4. The van der Waals surface area contributed by atoms with Gasteiger partial charge in [-0.3, -0.25) is 14.4 Å². The van der Waals surface area contributed by atoms with Crippen LogP contribution in [0.4, 0.5) is 22.7 Å². The zero-order chi connectivity index (χ0) is 21.0. The van der Waals surface area contributed by atoms with Crippen LogP contribution in [0.25, 0.3) is 0 Å². The summed E-state index contributed by atoms with van der Waals surface area (Å²) in [4.78, 5) is 38.6. The summed E-state index contributed by atoms with van der Waals surface area (Å²) < 4.78 is 0. The third-order valence-electron chi connectivity index (χ3n) is 4.95. The van der Waals surface area contributed by atoms with Crippen LogP contribution < -0.4 is 20.9 Å². The van der Waals surface area contributed by atoms with Crippen molar-refractivity contribution in [2.75, 3.05) is 34.4 Å². The molecule has 2 aromatic rings. The largest absolute Gasteiger partial charge is 0.372 e. The van der Waals surface area contributed by atoms with Crippen LogP contribution in [0.15, 0.2) is 36.4 Å². The second kappa shape index (κ2) is 8.77. The van der Waals surface area contributed by atoms with Crippen molar-refractivity contribution in [1.29, 1.82) is 0 Å². The lowest BCUT2D eigenvalue weighted by atomic mass is 10.1. The van der Waals surface area contributed by atoms with Crippen molar-refractivity contribution < 1.29 is 14.4 Å². The highest BCUT2D eigenvalue weighted by Crippen LogP contribution is 2.30. The molecule has 0 spiro atoms. The number of hydrogen-bond donors (Lipinski definition) is 3. The van der Waals surface area contributed by atoms with Crippen LogP contribution in [0.1, 0.15) is 42.1 Å². The number of anilines is 4. The lowest BCUT2D eigenvalue weighted by Gasteiger charge is -2.19. The Kier molecular flexibility index (Phi) is 6.16. The van der Waals surface area contributed by atoms with Gasteiger partial charge in [0.15, 0.2) is 0 Å². The Morgan fingerprint density at radius 2 is 1.86 bits per heavy atom. The smallest absolute Gasteiger partial charge is 0.255 e. The van der Waals surface area contributed by atoms with Crippen LogP contribution >= 0.6 is 0 Å². The molecule has 3 amide bonds. The fourth-order valence-corrected chi connectivity index (χ4v) is 3.25. The van der Waals surface area contributed by atoms with E-state index in [0.717, 1.165) is 17.7 Å². The van der Waals surface area contributed by atoms with Crippen molar-refractivity contribution >= 4 is 40.5 Å². The van der Waals surface area contributed by atoms with Gasteiger partial charge < -0.3 is 20.9 Å². The molecule has 3 N–H and O–H groups in total. The molecule has 7 nitrogen and oxygen atoms in total. The maximum absolute atomic E-state index is 12.8. The lowest BCUT2D eigenvalue weighted by molar-refractivity contribution is -0.116. The van der Waals surface area contributed by atoms with Gasteiger partial charge in [-0.2, -0.15) is 0 Å². The predicted octanol–water partition coefficient (Wildman–Crippen LogP) is 3.76. The Bertz CT molecular complexity index is 955. The third kappa shape index (κ3) is 4.74. The minimum Gasteiger partial charge on any atom is -0.372 e. The highest BCUT2D eigenvalue weighted by molar-refractivity contribution is 6.07. The maximum Gasteiger partial charge on any atom is 0.255 e. The van der Waals surface area contributed by atoms with Crippen molar-refractivity contribution in [1.82, 2.24) is 0 Å². The minimum absolute atomic E-state index is 0.0512. The van der Waals surface area contributed by atoms with Gasteiger partial charge in [0.1, 0.15) is 0 Å². The molecule has 0 aromatic heterocycles. The summed E-state index contributed by atoms with van der Waals surface area (Å²) in [7, 11) is 1.92. The van der Waals surface area contributed by atoms with Crippen molar-refractivity contribution in [2.24, 2.45) is 0 Å². The van der Waals surface area contributed by atoms with Crippen molar-refractivity contribution in [3.63, 3.8) is 0 Å². The lowest BCUT2D eigenvalue weighted by Crippen LogP contribution is -2.19. The number of benzene rings is 2. The Balaban J connectivity index is 1.80. The molecule has 0 atom stereocenters. The minimum atomic E-state index is -0.283. The number of fused-ring (bicyclic) bond motifs is 1. The summed E-state index contributed by atoms with van der Waals surface area (Å²) in [5, 5.41) is 8.64. The maximum atomic E-state index is 12.8. The van der Waals surface area contributed by atoms with E-state index in [1.54, 1.807) is 24.3 Å². The first-order chi connectivity index (χ1) is 13.9. The zero-order valence-corrected chi connectivity index (χ0v) is 17.0. The molecule has 0 aliphatic carbocycles. The van der Waals surface area contributed by atoms with Crippen molar-refractivity contribution in [2.45, 2.75) is 33.1 Å². The van der Waals surface area contributed by atoms with E-state index in [-0.39, 0.29) is 17.7 Å². The van der Waals surface area contributed by atoms with Crippen LogP contribution in [0, 0.1) is 6.92 Å². The quantitative estimate of drug-likeness (QED) is 0.720. The van der Waals surface area contributed by atoms with E-state index in [9.17, 15) is 14.4 Å². The molecule has 2 aromatic carbocycles. The Morgan fingerprint density at radius 1 is 1.14 bits per heavy atom. The van der Waals surface area contributed by atoms with Gasteiger partial charge in [0.05, 0.1) is 11.4 Å². The Hall–Kier alpha value is -3.35. The van der Waals surface area contributed by atoms with E-state index in [1.165, 1.54) is 0 Å². The SMILES string of the molecule is CCCC(=O)Nc1cccc(NC(=O)c2ccc3c(c2)NC(=O)CCN3C)c1C. The van der Waals surface area contributed by atoms with Gasteiger partial charge in [-0.1, -0.05) is 13.0 Å². The van der Waals surface area contributed by atoms with Gasteiger partial charge in [-0.15, -0.1) is 0 Å². The van der Waals surface area contributed by atoms with Gasteiger partial charge in [-0.05, 0) is 49.2 Å². The summed E-state index contributed by atoms with van der Waals surface area (Å²) in [6.07, 6.45) is 1.62. The molecular formula is C22H26N4O3. The molecular weight excluding hydrogens is 368 g/mol. The molecule has 0 saturated carbocycles. The molecule has 0 radical (unpaired) electrons. The summed E-state index contributed by atoms with van der Waals surface area (Å²) >= 11 is 0. The van der Waals surface area contributed by atoms with Gasteiger partial charge in [0.25, 0.3) is 5.91 Å². The summed E-state index contributed by atoms with van der Waals surface area (Å²) in [6, 6.07) is 10.7. The zero-order valence-electron chi connectivity index (χ0n) is 17.0. The number of nitrogens with zero attached hydrogens (tertiary/aromatic N) is 1. The van der Waals surface area contributed by atoms with Crippen LogP contribution in [0.3, 0.4) is 0 Å².